The average Bonchev–Trinajstić information content (AvgIpc) is 2.94. The van der Waals surface area contributed by atoms with Crippen LogP contribution in [0.5, 0.6) is 0 Å². The van der Waals surface area contributed by atoms with E-state index < -0.39 is 0 Å². The van der Waals surface area contributed by atoms with Crippen molar-refractivity contribution < 1.29 is 14.7 Å². The zero-order valence-corrected chi connectivity index (χ0v) is 15.8. The van der Waals surface area contributed by atoms with Gasteiger partial charge in [0.25, 0.3) is 11.8 Å². The monoisotopic (exact) mass is 417 g/mol. The summed E-state index contributed by atoms with van der Waals surface area (Å²) in [5.41, 5.74) is 1.91. The van der Waals surface area contributed by atoms with E-state index in [1.54, 1.807) is 24.3 Å². The highest BCUT2D eigenvalue weighted by molar-refractivity contribution is 6.29. The lowest BCUT2D eigenvalue weighted by atomic mass is 10.1. The Morgan fingerprint density at radius 3 is 1.79 bits per heavy atom. The molecule has 2 amide bonds. The van der Waals surface area contributed by atoms with E-state index in [1.165, 1.54) is 24.8 Å². The highest BCUT2D eigenvalue weighted by Gasteiger charge is 2.35. The molecule has 142 valence electrons. The van der Waals surface area contributed by atoms with Crippen molar-refractivity contribution in [1.82, 2.24) is 24.8 Å². The van der Waals surface area contributed by atoms with E-state index in [0.29, 0.717) is 27.7 Å². The molecule has 0 saturated carbocycles. The summed E-state index contributed by atoms with van der Waals surface area (Å²) in [7, 11) is 0. The van der Waals surface area contributed by atoms with E-state index in [1.807, 2.05) is 0 Å². The Bertz CT molecular complexity index is 996. The molecule has 0 atom stereocenters. The lowest BCUT2D eigenvalue weighted by Gasteiger charge is -2.12. The molecular formula is C18H13Cl2N5O3. The third-order valence-electron chi connectivity index (χ3n) is 3.74. The molecule has 1 aromatic carbocycles. The third kappa shape index (κ3) is 4.48. The normalized spacial score (nSPS) is 12.5. The molecule has 0 unspecified atom stereocenters. The van der Waals surface area contributed by atoms with E-state index in [9.17, 15) is 9.59 Å². The smallest absolute Gasteiger partial charge is 0.261 e. The van der Waals surface area contributed by atoms with Crippen LogP contribution >= 0.6 is 23.2 Å². The lowest BCUT2D eigenvalue weighted by Crippen LogP contribution is -2.29. The number of rotatable bonds is 3. The van der Waals surface area contributed by atoms with Gasteiger partial charge in [-0.2, -0.15) is 0 Å². The molecule has 10 heteroatoms. The van der Waals surface area contributed by atoms with Crippen LogP contribution in [-0.2, 0) is 13.2 Å². The molecule has 28 heavy (non-hydrogen) atoms. The Morgan fingerprint density at radius 1 is 0.821 bits per heavy atom. The molecule has 0 radical (unpaired) electrons. The van der Waals surface area contributed by atoms with Gasteiger partial charge in [0.1, 0.15) is 23.0 Å². The maximum absolute atomic E-state index is 12.1. The van der Waals surface area contributed by atoms with Gasteiger partial charge in [0.05, 0.1) is 35.7 Å². The van der Waals surface area contributed by atoms with Gasteiger partial charge in [-0.25, -0.2) is 19.9 Å². The van der Waals surface area contributed by atoms with E-state index in [-0.39, 0.29) is 30.1 Å². The van der Waals surface area contributed by atoms with E-state index in [0.717, 1.165) is 4.90 Å². The summed E-state index contributed by atoms with van der Waals surface area (Å²) in [6.45, 7) is -0.00315. The van der Waals surface area contributed by atoms with Gasteiger partial charge < -0.3 is 5.11 Å². The van der Waals surface area contributed by atoms with Gasteiger partial charge in [-0.15, -0.1) is 0 Å². The van der Waals surface area contributed by atoms with Crippen LogP contribution in [0.25, 0.3) is 0 Å². The number of hydrogen-bond acceptors (Lipinski definition) is 7. The number of imide groups is 1. The predicted molar refractivity (Wildman–Crippen MR) is 101 cm³/mol. The largest absolute Gasteiger partial charge is 0.390 e. The Morgan fingerprint density at radius 2 is 1.32 bits per heavy atom. The van der Waals surface area contributed by atoms with Crippen LogP contribution in [-0.4, -0.2) is 41.8 Å². The molecule has 8 nitrogen and oxygen atoms in total. The standard InChI is InChI=1S/C13H8ClN3O2.C5H5ClN2O/c14-11-5-8(15-7-16-11)6-17-12(18)9-3-1-2-4-10(9)13(17)19;6-5-1-4(2-9)7-3-8-5/h1-5,7H,6H2;1,3,9H,2H2. The second kappa shape index (κ2) is 8.83. The van der Waals surface area contributed by atoms with Crippen molar-refractivity contribution in [2.45, 2.75) is 13.2 Å². The third-order valence-corrected chi connectivity index (χ3v) is 4.15. The topological polar surface area (TPSA) is 109 Å². The predicted octanol–water partition coefficient (Wildman–Crippen LogP) is 2.55. The van der Waals surface area contributed by atoms with Gasteiger partial charge in [-0.3, -0.25) is 14.5 Å². The van der Waals surface area contributed by atoms with Crippen LogP contribution < -0.4 is 0 Å². The Labute approximate surface area is 169 Å². The Balaban J connectivity index is 0.000000211. The second-order valence-corrected chi connectivity index (χ2v) is 6.34. The molecule has 0 saturated heterocycles. The number of aliphatic hydroxyl groups is 1. The minimum Gasteiger partial charge on any atom is -0.390 e. The van der Waals surface area contributed by atoms with Gasteiger partial charge in [-0.1, -0.05) is 35.3 Å². The Kier molecular flexibility index (Phi) is 6.25. The average molecular weight is 418 g/mol. The van der Waals surface area contributed by atoms with Crippen LogP contribution in [0.2, 0.25) is 10.3 Å². The number of fused-ring (bicyclic) bond motifs is 1. The maximum atomic E-state index is 12.1. The van der Waals surface area contributed by atoms with Gasteiger partial charge >= 0.3 is 0 Å². The number of carbonyl (C=O) groups excluding carboxylic acids is 2. The molecule has 1 aliphatic heterocycles. The van der Waals surface area contributed by atoms with Crippen LogP contribution in [0, 0.1) is 0 Å². The number of amides is 2. The summed E-state index contributed by atoms with van der Waals surface area (Å²) in [5, 5.41) is 9.15. The zero-order chi connectivity index (χ0) is 20.1. The highest BCUT2D eigenvalue weighted by atomic mass is 35.5. The first-order valence-electron chi connectivity index (χ1n) is 7.98. The second-order valence-electron chi connectivity index (χ2n) is 5.56. The first kappa shape index (κ1) is 19.8. The first-order valence-corrected chi connectivity index (χ1v) is 8.74. The van der Waals surface area contributed by atoms with Crippen molar-refractivity contribution in [3.63, 3.8) is 0 Å². The zero-order valence-electron chi connectivity index (χ0n) is 14.3. The van der Waals surface area contributed by atoms with Gasteiger partial charge in [0.2, 0.25) is 0 Å². The van der Waals surface area contributed by atoms with E-state index in [2.05, 4.69) is 19.9 Å². The summed E-state index contributed by atoms with van der Waals surface area (Å²) in [4.78, 5) is 40.5. The number of aliphatic hydroxyl groups excluding tert-OH is 1. The van der Waals surface area contributed by atoms with Crippen molar-refractivity contribution in [3.8, 4) is 0 Å². The molecular weight excluding hydrogens is 405 g/mol. The molecule has 3 aromatic rings. The lowest BCUT2D eigenvalue weighted by molar-refractivity contribution is 0.0640. The highest BCUT2D eigenvalue weighted by Crippen LogP contribution is 2.23. The molecule has 1 aliphatic rings. The molecule has 4 rings (SSSR count). The number of aromatic nitrogens is 4. The molecule has 0 spiro atoms. The Hall–Kier alpha value is -2.94. The van der Waals surface area contributed by atoms with Gasteiger partial charge in [0, 0.05) is 0 Å². The van der Waals surface area contributed by atoms with Crippen molar-refractivity contribution in [1.29, 1.82) is 0 Å². The van der Waals surface area contributed by atoms with E-state index in [4.69, 9.17) is 28.3 Å². The SMILES string of the molecule is O=C1c2ccccc2C(=O)N1Cc1cc(Cl)ncn1.OCc1cc(Cl)ncn1. The first-order chi connectivity index (χ1) is 13.5. The summed E-state index contributed by atoms with van der Waals surface area (Å²) >= 11 is 11.2. The van der Waals surface area contributed by atoms with Crippen molar-refractivity contribution in [2.24, 2.45) is 0 Å². The fourth-order valence-corrected chi connectivity index (χ4v) is 2.80. The molecule has 0 aliphatic carbocycles. The quantitative estimate of drug-likeness (QED) is 0.514. The van der Waals surface area contributed by atoms with Crippen molar-refractivity contribution in [2.75, 3.05) is 0 Å². The van der Waals surface area contributed by atoms with Gasteiger partial charge in [0.15, 0.2) is 0 Å². The van der Waals surface area contributed by atoms with Crippen molar-refractivity contribution >= 4 is 35.0 Å². The minimum absolute atomic E-state index is 0.0919. The number of hydrogen-bond donors (Lipinski definition) is 1. The summed E-state index contributed by atoms with van der Waals surface area (Å²) < 4.78 is 0. The maximum Gasteiger partial charge on any atom is 0.261 e. The number of benzene rings is 1. The van der Waals surface area contributed by atoms with E-state index >= 15 is 0 Å². The summed E-state index contributed by atoms with van der Waals surface area (Å²) in [6, 6.07) is 9.79. The molecule has 0 fully saturated rings. The minimum atomic E-state index is -0.310. The fourth-order valence-electron chi connectivity index (χ4n) is 2.46. The van der Waals surface area contributed by atoms with Crippen LogP contribution in [0.15, 0.2) is 49.1 Å². The van der Waals surface area contributed by atoms with Crippen LogP contribution in [0.3, 0.4) is 0 Å². The molecule has 3 heterocycles. The van der Waals surface area contributed by atoms with Crippen LogP contribution in [0.4, 0.5) is 0 Å². The number of carbonyl (C=O) groups is 2. The summed E-state index contributed by atoms with van der Waals surface area (Å²) in [5.74, 6) is -0.620. The van der Waals surface area contributed by atoms with Crippen molar-refractivity contribution in [3.05, 3.63) is 81.9 Å². The van der Waals surface area contributed by atoms with Gasteiger partial charge in [-0.05, 0) is 24.3 Å². The number of nitrogens with zero attached hydrogens (tertiary/aromatic N) is 5. The fraction of sp³-hybridized carbons (Fsp3) is 0.111. The molecule has 1 N–H and O–H groups in total. The molecule has 2 aromatic heterocycles. The number of halogens is 2. The summed E-state index contributed by atoms with van der Waals surface area (Å²) in [6.07, 6.45) is 2.61. The molecule has 0 bridgehead atoms. The van der Waals surface area contributed by atoms with Crippen LogP contribution in [0.1, 0.15) is 32.1 Å².